The Bertz CT molecular complexity index is 264. The van der Waals surface area contributed by atoms with Crippen LogP contribution in [-0.2, 0) is 4.79 Å². The summed E-state index contributed by atoms with van der Waals surface area (Å²) in [5.74, 6) is -1.01. The van der Waals surface area contributed by atoms with Gasteiger partial charge >= 0.3 is 12.0 Å². The van der Waals surface area contributed by atoms with E-state index >= 15 is 0 Å². The van der Waals surface area contributed by atoms with Crippen LogP contribution in [0.25, 0.3) is 0 Å². The van der Waals surface area contributed by atoms with Gasteiger partial charge in [-0.1, -0.05) is 6.08 Å². The fourth-order valence-electron chi connectivity index (χ4n) is 1.24. The molecule has 0 saturated carbocycles. The second-order valence-corrected chi connectivity index (χ2v) is 3.99. The molecule has 5 nitrogen and oxygen atoms in total. The van der Waals surface area contributed by atoms with Crippen LogP contribution in [0.2, 0.25) is 0 Å². The van der Waals surface area contributed by atoms with E-state index in [0.29, 0.717) is 6.42 Å². The van der Waals surface area contributed by atoms with E-state index in [1.165, 1.54) is 4.90 Å². The molecular formula is C11H20N2O3. The van der Waals surface area contributed by atoms with E-state index < -0.39 is 5.97 Å². The van der Waals surface area contributed by atoms with Gasteiger partial charge in [0.15, 0.2) is 0 Å². The van der Waals surface area contributed by atoms with Crippen LogP contribution in [0.1, 0.15) is 27.2 Å². The molecule has 0 aliphatic carbocycles. The van der Waals surface area contributed by atoms with E-state index in [4.69, 9.17) is 5.11 Å². The van der Waals surface area contributed by atoms with Crippen LogP contribution in [0, 0.1) is 0 Å². The molecule has 92 valence electrons. The predicted molar refractivity (Wildman–Crippen MR) is 62.3 cm³/mol. The van der Waals surface area contributed by atoms with Gasteiger partial charge in [-0.15, -0.1) is 6.58 Å². The van der Waals surface area contributed by atoms with Crippen LogP contribution in [0.4, 0.5) is 4.79 Å². The van der Waals surface area contributed by atoms with Crippen LogP contribution in [-0.4, -0.2) is 40.6 Å². The number of urea groups is 1. The predicted octanol–water partition coefficient (Wildman–Crippen LogP) is 1.46. The minimum absolute atomic E-state index is 0.0416. The maximum absolute atomic E-state index is 11.7. The molecule has 0 aromatic heterocycles. The minimum atomic E-state index is -1.01. The second-order valence-electron chi connectivity index (χ2n) is 3.99. The largest absolute Gasteiger partial charge is 0.480 e. The summed E-state index contributed by atoms with van der Waals surface area (Å²) < 4.78 is 0. The molecule has 0 radical (unpaired) electrons. The van der Waals surface area contributed by atoms with Gasteiger partial charge in [0.1, 0.15) is 6.54 Å². The standard InChI is InChI=1S/C11H20N2O3/c1-5-6-9(4)12-11(16)13(8(2)3)7-10(14)15/h5,8-9H,1,6-7H2,2-4H3,(H,12,16)(H,14,15). The first-order chi connectivity index (χ1) is 7.38. The average Bonchev–Trinajstić information content (AvgIpc) is 2.13. The van der Waals surface area contributed by atoms with Crippen molar-refractivity contribution in [3.05, 3.63) is 12.7 Å². The van der Waals surface area contributed by atoms with E-state index in [-0.39, 0.29) is 24.7 Å². The lowest BCUT2D eigenvalue weighted by Gasteiger charge is -2.26. The maximum Gasteiger partial charge on any atom is 0.323 e. The minimum Gasteiger partial charge on any atom is -0.480 e. The summed E-state index contributed by atoms with van der Waals surface area (Å²) in [5, 5.41) is 11.4. The van der Waals surface area contributed by atoms with Crippen LogP contribution < -0.4 is 5.32 Å². The molecule has 0 fully saturated rings. The molecule has 1 unspecified atom stereocenters. The summed E-state index contributed by atoms with van der Waals surface area (Å²) in [4.78, 5) is 23.6. The number of hydrogen-bond donors (Lipinski definition) is 2. The summed E-state index contributed by atoms with van der Waals surface area (Å²) >= 11 is 0. The van der Waals surface area contributed by atoms with Crippen molar-refractivity contribution in [1.82, 2.24) is 10.2 Å². The average molecular weight is 228 g/mol. The number of carbonyl (C=O) groups excluding carboxylic acids is 1. The number of nitrogens with zero attached hydrogens (tertiary/aromatic N) is 1. The van der Waals surface area contributed by atoms with Crippen molar-refractivity contribution in [2.45, 2.75) is 39.3 Å². The zero-order chi connectivity index (χ0) is 12.7. The zero-order valence-electron chi connectivity index (χ0n) is 10.1. The van der Waals surface area contributed by atoms with Crippen molar-refractivity contribution in [3.8, 4) is 0 Å². The van der Waals surface area contributed by atoms with Gasteiger partial charge in [-0.25, -0.2) is 4.79 Å². The van der Waals surface area contributed by atoms with E-state index in [9.17, 15) is 9.59 Å². The summed E-state index contributed by atoms with van der Waals surface area (Å²) in [6.07, 6.45) is 2.37. The van der Waals surface area contributed by atoms with Crippen LogP contribution in [0.15, 0.2) is 12.7 Å². The van der Waals surface area contributed by atoms with Crippen molar-refractivity contribution in [2.75, 3.05) is 6.54 Å². The Morgan fingerprint density at radius 1 is 1.44 bits per heavy atom. The fraction of sp³-hybridized carbons (Fsp3) is 0.636. The van der Waals surface area contributed by atoms with Gasteiger partial charge in [0, 0.05) is 12.1 Å². The number of hydrogen-bond acceptors (Lipinski definition) is 2. The highest BCUT2D eigenvalue weighted by molar-refractivity contribution is 5.80. The molecule has 0 heterocycles. The molecule has 0 rings (SSSR count). The number of amides is 2. The van der Waals surface area contributed by atoms with Gasteiger partial charge in [0.05, 0.1) is 0 Å². The van der Waals surface area contributed by atoms with Crippen LogP contribution in [0.5, 0.6) is 0 Å². The maximum atomic E-state index is 11.7. The lowest BCUT2D eigenvalue weighted by atomic mass is 10.2. The topological polar surface area (TPSA) is 69.6 Å². The smallest absolute Gasteiger partial charge is 0.323 e. The molecule has 1 atom stereocenters. The summed E-state index contributed by atoms with van der Waals surface area (Å²) in [7, 11) is 0. The van der Waals surface area contributed by atoms with Gasteiger partial charge < -0.3 is 15.3 Å². The normalized spacial score (nSPS) is 12.0. The molecule has 16 heavy (non-hydrogen) atoms. The van der Waals surface area contributed by atoms with E-state index in [2.05, 4.69) is 11.9 Å². The molecule has 0 spiro atoms. The van der Waals surface area contributed by atoms with Gasteiger partial charge in [-0.05, 0) is 27.2 Å². The van der Waals surface area contributed by atoms with E-state index in [1.54, 1.807) is 19.9 Å². The first-order valence-corrected chi connectivity index (χ1v) is 5.28. The number of carboxylic acids is 1. The first kappa shape index (κ1) is 14.5. The van der Waals surface area contributed by atoms with Crippen molar-refractivity contribution in [1.29, 1.82) is 0 Å². The highest BCUT2D eigenvalue weighted by atomic mass is 16.4. The molecule has 2 amide bonds. The lowest BCUT2D eigenvalue weighted by molar-refractivity contribution is -0.138. The molecule has 0 bridgehead atoms. The molecular weight excluding hydrogens is 208 g/mol. The van der Waals surface area contributed by atoms with Gasteiger partial charge in [0.25, 0.3) is 0 Å². The molecule has 0 aliphatic heterocycles. The van der Waals surface area contributed by atoms with Gasteiger partial charge in [-0.3, -0.25) is 4.79 Å². The highest BCUT2D eigenvalue weighted by Crippen LogP contribution is 2.00. The lowest BCUT2D eigenvalue weighted by Crippen LogP contribution is -2.48. The summed E-state index contributed by atoms with van der Waals surface area (Å²) in [6.45, 7) is 8.69. The van der Waals surface area contributed by atoms with Crippen molar-refractivity contribution in [3.63, 3.8) is 0 Å². The Kier molecular flexibility index (Phi) is 6.22. The zero-order valence-corrected chi connectivity index (χ0v) is 10.1. The number of carboxylic acid groups (broad SMARTS) is 1. The molecule has 0 aromatic carbocycles. The third-order valence-corrected chi connectivity index (χ3v) is 2.08. The van der Waals surface area contributed by atoms with Crippen LogP contribution >= 0.6 is 0 Å². The van der Waals surface area contributed by atoms with Crippen molar-refractivity contribution in [2.24, 2.45) is 0 Å². The number of aliphatic carboxylic acids is 1. The Labute approximate surface area is 96.1 Å². The Hall–Kier alpha value is -1.52. The third-order valence-electron chi connectivity index (χ3n) is 2.08. The molecule has 0 saturated heterocycles. The molecule has 0 aliphatic rings. The second kappa shape index (κ2) is 6.87. The summed E-state index contributed by atoms with van der Waals surface area (Å²) in [6, 6.07) is -0.543. The monoisotopic (exact) mass is 228 g/mol. The van der Waals surface area contributed by atoms with E-state index in [1.807, 2.05) is 6.92 Å². The summed E-state index contributed by atoms with van der Waals surface area (Å²) in [5.41, 5.74) is 0. The van der Waals surface area contributed by atoms with Gasteiger partial charge in [-0.2, -0.15) is 0 Å². The number of rotatable bonds is 6. The van der Waals surface area contributed by atoms with Gasteiger partial charge in [0.2, 0.25) is 0 Å². The van der Waals surface area contributed by atoms with E-state index in [0.717, 1.165) is 0 Å². The van der Waals surface area contributed by atoms with Crippen molar-refractivity contribution < 1.29 is 14.7 Å². The fourth-order valence-corrected chi connectivity index (χ4v) is 1.24. The van der Waals surface area contributed by atoms with Crippen LogP contribution in [0.3, 0.4) is 0 Å². The number of nitrogens with one attached hydrogen (secondary N) is 1. The molecule has 0 aromatic rings. The van der Waals surface area contributed by atoms with Crippen molar-refractivity contribution >= 4 is 12.0 Å². The highest BCUT2D eigenvalue weighted by Gasteiger charge is 2.20. The molecule has 5 heteroatoms. The quantitative estimate of drug-likeness (QED) is 0.676. The first-order valence-electron chi connectivity index (χ1n) is 5.28. The Morgan fingerprint density at radius 2 is 2.00 bits per heavy atom. The number of carbonyl (C=O) groups is 2. The SMILES string of the molecule is C=CCC(C)NC(=O)N(CC(=O)O)C(C)C. The Morgan fingerprint density at radius 3 is 2.38 bits per heavy atom. The third kappa shape index (κ3) is 5.38. The Balaban J connectivity index is 4.38. The molecule has 2 N–H and O–H groups in total.